The van der Waals surface area contributed by atoms with Gasteiger partial charge >= 0.3 is 5.97 Å². The van der Waals surface area contributed by atoms with Crippen molar-refractivity contribution in [3.63, 3.8) is 0 Å². The lowest BCUT2D eigenvalue weighted by Gasteiger charge is -1.95. The summed E-state index contributed by atoms with van der Waals surface area (Å²) < 4.78 is 4.66. The van der Waals surface area contributed by atoms with Crippen LogP contribution in [0.5, 0.6) is 0 Å². The third-order valence-corrected chi connectivity index (χ3v) is 1.03. The molecule has 0 N–H and O–H groups in total. The summed E-state index contributed by atoms with van der Waals surface area (Å²) in [6.45, 7) is 2.16. The lowest BCUT2D eigenvalue weighted by Crippen LogP contribution is -2.01. The second-order valence-corrected chi connectivity index (χ2v) is 1.96. The summed E-state index contributed by atoms with van der Waals surface area (Å²) in [6, 6.07) is 0. The highest BCUT2D eigenvalue weighted by Gasteiger charge is 1.94. The summed E-state index contributed by atoms with van der Waals surface area (Å²) in [4.78, 5) is 20.5. The number of aldehydes is 1. The molecule has 12 heavy (non-hydrogen) atoms. The van der Waals surface area contributed by atoms with Crippen LogP contribution >= 0.6 is 0 Å². The molecule has 3 nitrogen and oxygen atoms in total. The number of esters is 1. The molecule has 0 rings (SSSR count). The second kappa shape index (κ2) is 7.72. The average molecular weight is 168 g/mol. The van der Waals surface area contributed by atoms with Gasteiger partial charge in [0.15, 0.2) is 0 Å². The maximum Gasteiger partial charge on any atom is 0.309 e. The van der Waals surface area contributed by atoms with Gasteiger partial charge in [-0.15, -0.1) is 0 Å². The van der Waals surface area contributed by atoms with Crippen molar-refractivity contribution in [3.8, 4) is 0 Å². The maximum atomic E-state index is 10.7. The van der Waals surface area contributed by atoms with Gasteiger partial charge in [-0.3, -0.25) is 9.59 Å². The van der Waals surface area contributed by atoms with Gasteiger partial charge in [-0.2, -0.15) is 0 Å². The minimum Gasteiger partial charge on any atom is -0.466 e. The van der Waals surface area contributed by atoms with Crippen LogP contribution in [0.15, 0.2) is 24.3 Å². The zero-order chi connectivity index (χ0) is 9.23. The molecule has 0 radical (unpaired) electrons. The monoisotopic (exact) mass is 168 g/mol. The molecule has 0 aromatic heterocycles. The Labute approximate surface area is 71.7 Å². The van der Waals surface area contributed by atoms with E-state index in [1.807, 2.05) is 0 Å². The fourth-order valence-corrected chi connectivity index (χ4v) is 0.572. The molecule has 0 aliphatic carbocycles. The topological polar surface area (TPSA) is 43.4 Å². The van der Waals surface area contributed by atoms with Crippen LogP contribution < -0.4 is 0 Å². The fraction of sp³-hybridized carbons (Fsp3) is 0.333. The number of ether oxygens (including phenoxy) is 1. The highest BCUT2D eigenvalue weighted by Crippen LogP contribution is 1.88. The van der Waals surface area contributed by atoms with Crippen molar-refractivity contribution in [1.29, 1.82) is 0 Å². The van der Waals surface area contributed by atoms with Crippen molar-refractivity contribution in [2.24, 2.45) is 0 Å². The summed E-state index contributed by atoms with van der Waals surface area (Å²) in [5, 5.41) is 0. The van der Waals surface area contributed by atoms with Crippen LogP contribution in [0.25, 0.3) is 0 Å². The van der Waals surface area contributed by atoms with Gasteiger partial charge in [0.05, 0.1) is 13.0 Å². The van der Waals surface area contributed by atoms with E-state index in [1.54, 1.807) is 25.2 Å². The largest absolute Gasteiger partial charge is 0.466 e. The van der Waals surface area contributed by atoms with E-state index in [4.69, 9.17) is 0 Å². The molecule has 0 atom stereocenters. The molecule has 0 aromatic carbocycles. The first-order valence-corrected chi connectivity index (χ1v) is 3.73. The number of hydrogen-bond acceptors (Lipinski definition) is 3. The summed E-state index contributed by atoms with van der Waals surface area (Å²) in [5.74, 6) is -0.256. The summed E-state index contributed by atoms with van der Waals surface area (Å²) in [7, 11) is 0. The zero-order valence-corrected chi connectivity index (χ0v) is 7.03. The summed E-state index contributed by atoms with van der Waals surface area (Å²) in [5.41, 5.74) is 0. The van der Waals surface area contributed by atoms with E-state index in [1.165, 1.54) is 6.08 Å². The van der Waals surface area contributed by atoms with Gasteiger partial charge in [-0.1, -0.05) is 18.2 Å². The number of carbonyl (C=O) groups is 2. The molecule has 0 amide bonds. The van der Waals surface area contributed by atoms with Crippen LogP contribution in [0.4, 0.5) is 0 Å². The van der Waals surface area contributed by atoms with Crippen LogP contribution in [0.2, 0.25) is 0 Å². The maximum absolute atomic E-state index is 10.7. The Morgan fingerprint density at radius 3 is 2.67 bits per heavy atom. The normalized spacial score (nSPS) is 10.8. The highest BCUT2D eigenvalue weighted by atomic mass is 16.5. The predicted molar refractivity (Wildman–Crippen MR) is 45.6 cm³/mol. The average Bonchev–Trinajstić information content (AvgIpc) is 2.05. The van der Waals surface area contributed by atoms with Crippen LogP contribution in [0.3, 0.4) is 0 Å². The molecule has 0 unspecified atom stereocenters. The van der Waals surface area contributed by atoms with Gasteiger partial charge < -0.3 is 4.74 Å². The molecular weight excluding hydrogens is 156 g/mol. The van der Waals surface area contributed by atoms with Crippen LogP contribution in [-0.4, -0.2) is 18.9 Å². The van der Waals surface area contributed by atoms with Crippen molar-refractivity contribution in [2.45, 2.75) is 13.3 Å². The number of carbonyl (C=O) groups excluding carboxylic acids is 2. The Balaban J connectivity index is 3.52. The van der Waals surface area contributed by atoms with Gasteiger partial charge in [0.2, 0.25) is 0 Å². The second-order valence-electron chi connectivity index (χ2n) is 1.96. The Bertz CT molecular complexity index is 192. The standard InChI is InChI=1S/C9H12O3/c1-2-12-9(11)7-5-3-4-6-8-10/h3-6,8H,2,7H2,1H3. The smallest absolute Gasteiger partial charge is 0.309 e. The molecular formula is C9H12O3. The van der Waals surface area contributed by atoms with E-state index in [9.17, 15) is 9.59 Å². The van der Waals surface area contributed by atoms with Crippen LogP contribution in [0.1, 0.15) is 13.3 Å². The van der Waals surface area contributed by atoms with E-state index in [2.05, 4.69) is 4.74 Å². The Hall–Kier alpha value is -1.38. The van der Waals surface area contributed by atoms with E-state index in [-0.39, 0.29) is 12.4 Å². The number of allylic oxidation sites excluding steroid dienone is 3. The van der Waals surface area contributed by atoms with Crippen molar-refractivity contribution in [2.75, 3.05) is 6.61 Å². The van der Waals surface area contributed by atoms with Crippen molar-refractivity contribution in [3.05, 3.63) is 24.3 Å². The quantitative estimate of drug-likeness (QED) is 0.268. The number of hydrogen-bond donors (Lipinski definition) is 0. The molecule has 0 bridgehead atoms. The van der Waals surface area contributed by atoms with Gasteiger partial charge in [-0.25, -0.2) is 0 Å². The van der Waals surface area contributed by atoms with Crippen LogP contribution in [-0.2, 0) is 14.3 Å². The molecule has 0 saturated heterocycles. The van der Waals surface area contributed by atoms with Gasteiger partial charge in [0.25, 0.3) is 0 Å². The van der Waals surface area contributed by atoms with Crippen LogP contribution in [0, 0.1) is 0 Å². The lowest BCUT2D eigenvalue weighted by atomic mass is 10.3. The minimum atomic E-state index is -0.256. The van der Waals surface area contributed by atoms with Crippen molar-refractivity contribution in [1.82, 2.24) is 0 Å². The first-order chi connectivity index (χ1) is 5.81. The summed E-state index contributed by atoms with van der Waals surface area (Å²) >= 11 is 0. The highest BCUT2D eigenvalue weighted by molar-refractivity contribution is 5.71. The van der Waals surface area contributed by atoms with Gasteiger partial charge in [-0.05, 0) is 13.0 Å². The van der Waals surface area contributed by atoms with Gasteiger partial charge in [0.1, 0.15) is 6.29 Å². The fourth-order valence-electron chi connectivity index (χ4n) is 0.572. The molecule has 0 fully saturated rings. The first kappa shape index (κ1) is 10.6. The van der Waals surface area contributed by atoms with Crippen molar-refractivity contribution >= 4 is 12.3 Å². The van der Waals surface area contributed by atoms with E-state index in [0.29, 0.717) is 12.9 Å². The van der Waals surface area contributed by atoms with E-state index < -0.39 is 0 Å². The van der Waals surface area contributed by atoms with E-state index in [0.717, 1.165) is 0 Å². The minimum absolute atomic E-state index is 0.247. The molecule has 0 spiro atoms. The van der Waals surface area contributed by atoms with Crippen molar-refractivity contribution < 1.29 is 14.3 Å². The molecule has 0 heterocycles. The SMILES string of the molecule is CCOC(=O)CC=CC=CC=O. The Morgan fingerprint density at radius 2 is 2.08 bits per heavy atom. The Morgan fingerprint density at radius 1 is 1.33 bits per heavy atom. The molecule has 0 aromatic rings. The lowest BCUT2D eigenvalue weighted by molar-refractivity contribution is -0.142. The van der Waals surface area contributed by atoms with E-state index >= 15 is 0 Å². The predicted octanol–water partition coefficient (Wildman–Crippen LogP) is 1.25. The van der Waals surface area contributed by atoms with Gasteiger partial charge in [0, 0.05) is 0 Å². The number of rotatable bonds is 5. The molecule has 0 aliphatic rings. The molecule has 0 saturated carbocycles. The Kier molecular flexibility index (Phi) is 6.84. The zero-order valence-electron chi connectivity index (χ0n) is 7.03. The molecule has 3 heteroatoms. The third kappa shape index (κ3) is 6.74. The first-order valence-electron chi connectivity index (χ1n) is 3.73. The summed E-state index contributed by atoms with van der Waals surface area (Å²) in [6.07, 6.45) is 7.10. The third-order valence-electron chi connectivity index (χ3n) is 1.03. The molecule has 66 valence electrons. The molecule has 0 aliphatic heterocycles.